The molecule has 1 aliphatic heterocycles. The van der Waals surface area contributed by atoms with Crippen LogP contribution in [0.4, 0.5) is 0 Å². The van der Waals surface area contributed by atoms with E-state index < -0.39 is 5.97 Å². The number of carboxylic acids is 1. The quantitative estimate of drug-likeness (QED) is 0.671. The first kappa shape index (κ1) is 12.4. The van der Waals surface area contributed by atoms with Crippen molar-refractivity contribution in [2.75, 3.05) is 39.9 Å². The molecule has 2 unspecified atom stereocenters. The minimum Gasteiger partial charge on any atom is -0.481 e. The monoisotopic (exact) mass is 216 g/mol. The molecule has 0 saturated carbocycles. The van der Waals surface area contributed by atoms with E-state index in [-0.39, 0.29) is 5.92 Å². The van der Waals surface area contributed by atoms with Crippen molar-refractivity contribution >= 4 is 5.97 Å². The van der Waals surface area contributed by atoms with Crippen LogP contribution in [0.1, 0.15) is 6.92 Å². The van der Waals surface area contributed by atoms with Gasteiger partial charge in [-0.3, -0.25) is 9.69 Å². The highest BCUT2D eigenvalue weighted by Crippen LogP contribution is 2.08. The summed E-state index contributed by atoms with van der Waals surface area (Å²) in [5.41, 5.74) is 0. The van der Waals surface area contributed by atoms with E-state index in [4.69, 9.17) is 9.84 Å². The largest absolute Gasteiger partial charge is 0.481 e. The fourth-order valence-electron chi connectivity index (χ4n) is 1.81. The van der Waals surface area contributed by atoms with Crippen LogP contribution in [0.2, 0.25) is 0 Å². The number of nitrogens with zero attached hydrogens (tertiary/aromatic N) is 1. The van der Waals surface area contributed by atoms with Crippen molar-refractivity contribution in [3.05, 3.63) is 0 Å². The Balaban J connectivity index is 2.52. The smallest absolute Gasteiger partial charge is 0.309 e. The van der Waals surface area contributed by atoms with Crippen LogP contribution in [0.3, 0.4) is 0 Å². The van der Waals surface area contributed by atoms with Crippen LogP contribution in [0.5, 0.6) is 0 Å². The summed E-state index contributed by atoms with van der Waals surface area (Å²) in [7, 11) is 1.66. The first-order valence-electron chi connectivity index (χ1n) is 5.31. The Morgan fingerprint density at radius 2 is 2.33 bits per heavy atom. The molecule has 1 aliphatic rings. The van der Waals surface area contributed by atoms with Crippen LogP contribution in [0.15, 0.2) is 0 Å². The third kappa shape index (κ3) is 3.77. The molecular weight excluding hydrogens is 196 g/mol. The molecule has 5 nitrogen and oxygen atoms in total. The topological polar surface area (TPSA) is 61.8 Å². The molecule has 0 bridgehead atoms. The zero-order valence-electron chi connectivity index (χ0n) is 9.40. The van der Waals surface area contributed by atoms with E-state index in [9.17, 15) is 4.79 Å². The fraction of sp³-hybridized carbons (Fsp3) is 0.900. The maximum Gasteiger partial charge on any atom is 0.309 e. The predicted octanol–water partition coefficient (Wildman–Crippen LogP) is -0.373. The van der Waals surface area contributed by atoms with Gasteiger partial charge in [-0.05, 0) is 6.92 Å². The van der Waals surface area contributed by atoms with Crippen molar-refractivity contribution < 1.29 is 14.6 Å². The Kier molecular flexibility index (Phi) is 5.01. The van der Waals surface area contributed by atoms with Gasteiger partial charge in [0.1, 0.15) is 0 Å². The Hall–Kier alpha value is -0.650. The number of carboxylic acid groups (broad SMARTS) is 1. The van der Waals surface area contributed by atoms with E-state index in [0.29, 0.717) is 25.7 Å². The van der Waals surface area contributed by atoms with Gasteiger partial charge in [-0.2, -0.15) is 0 Å². The number of aliphatic carboxylic acids is 1. The third-order valence-corrected chi connectivity index (χ3v) is 2.84. The summed E-state index contributed by atoms with van der Waals surface area (Å²) in [4.78, 5) is 13.1. The molecule has 88 valence electrons. The molecule has 0 amide bonds. The van der Waals surface area contributed by atoms with Gasteiger partial charge >= 0.3 is 5.97 Å². The molecular formula is C10H20N2O3. The minimum absolute atomic E-state index is 0.313. The van der Waals surface area contributed by atoms with Gasteiger partial charge < -0.3 is 15.2 Å². The van der Waals surface area contributed by atoms with Gasteiger partial charge in [-0.15, -0.1) is 0 Å². The van der Waals surface area contributed by atoms with E-state index in [1.165, 1.54) is 0 Å². The molecule has 1 saturated heterocycles. The van der Waals surface area contributed by atoms with E-state index in [2.05, 4.69) is 17.1 Å². The molecule has 1 rings (SSSR count). The van der Waals surface area contributed by atoms with E-state index in [0.717, 1.165) is 13.1 Å². The molecule has 0 aromatic rings. The van der Waals surface area contributed by atoms with Crippen LogP contribution < -0.4 is 5.32 Å². The van der Waals surface area contributed by atoms with Crippen LogP contribution in [0.25, 0.3) is 0 Å². The Bertz CT molecular complexity index is 211. The van der Waals surface area contributed by atoms with E-state index in [1.807, 2.05) is 0 Å². The van der Waals surface area contributed by atoms with Gasteiger partial charge in [0.25, 0.3) is 0 Å². The molecule has 0 aromatic heterocycles. The molecule has 1 fully saturated rings. The lowest BCUT2D eigenvalue weighted by atomic mass is 10.1. The summed E-state index contributed by atoms with van der Waals surface area (Å²) >= 11 is 0. The van der Waals surface area contributed by atoms with E-state index in [1.54, 1.807) is 7.11 Å². The van der Waals surface area contributed by atoms with Gasteiger partial charge in [0, 0.05) is 39.3 Å². The van der Waals surface area contributed by atoms with Crippen molar-refractivity contribution in [1.82, 2.24) is 10.2 Å². The molecule has 0 radical (unpaired) electrons. The molecule has 15 heavy (non-hydrogen) atoms. The number of ether oxygens (including phenoxy) is 1. The number of nitrogens with one attached hydrogen (secondary N) is 1. The first-order chi connectivity index (χ1) is 7.15. The number of hydrogen-bond donors (Lipinski definition) is 2. The van der Waals surface area contributed by atoms with Crippen LogP contribution in [-0.2, 0) is 9.53 Å². The lowest BCUT2D eigenvalue weighted by Gasteiger charge is -2.27. The molecule has 0 aromatic carbocycles. The summed E-state index contributed by atoms with van der Waals surface area (Å²) < 4.78 is 5.02. The maximum absolute atomic E-state index is 10.9. The van der Waals surface area contributed by atoms with Gasteiger partial charge in [-0.25, -0.2) is 0 Å². The van der Waals surface area contributed by atoms with Crippen LogP contribution in [0, 0.1) is 5.92 Å². The van der Waals surface area contributed by atoms with Crippen molar-refractivity contribution in [3.8, 4) is 0 Å². The first-order valence-corrected chi connectivity index (χ1v) is 5.31. The summed E-state index contributed by atoms with van der Waals surface area (Å²) in [6.45, 7) is 5.55. The summed E-state index contributed by atoms with van der Waals surface area (Å²) in [6.07, 6.45) is 0. The zero-order valence-corrected chi connectivity index (χ0v) is 9.40. The lowest BCUT2D eigenvalue weighted by molar-refractivity contribution is -0.142. The van der Waals surface area contributed by atoms with Gasteiger partial charge in [-0.1, -0.05) is 0 Å². The molecule has 0 aliphatic carbocycles. The number of carbonyl (C=O) groups is 1. The van der Waals surface area contributed by atoms with E-state index >= 15 is 0 Å². The summed E-state index contributed by atoms with van der Waals surface area (Å²) in [5, 5.41) is 12.2. The second-order valence-corrected chi connectivity index (χ2v) is 4.03. The highest BCUT2D eigenvalue weighted by Gasteiger charge is 2.26. The van der Waals surface area contributed by atoms with Gasteiger partial charge in [0.15, 0.2) is 0 Å². The molecule has 2 N–H and O–H groups in total. The van der Waals surface area contributed by atoms with Gasteiger partial charge in [0.05, 0.1) is 12.5 Å². The maximum atomic E-state index is 10.9. The summed E-state index contributed by atoms with van der Waals surface area (Å²) in [5.74, 6) is -1.04. The number of hydrogen-bond acceptors (Lipinski definition) is 4. The second-order valence-electron chi connectivity index (χ2n) is 4.03. The molecule has 5 heteroatoms. The minimum atomic E-state index is -0.723. The molecule has 1 heterocycles. The highest BCUT2D eigenvalue weighted by molar-refractivity contribution is 5.70. The Labute approximate surface area is 90.4 Å². The standard InChI is InChI=1S/C10H20N2O3/c1-8-5-11-6-9(10(13)14)7-12(8)3-4-15-2/h8-9,11H,3-7H2,1-2H3,(H,13,14). The van der Waals surface area contributed by atoms with Crippen molar-refractivity contribution in [2.24, 2.45) is 5.92 Å². The fourth-order valence-corrected chi connectivity index (χ4v) is 1.81. The third-order valence-electron chi connectivity index (χ3n) is 2.84. The molecule has 0 spiro atoms. The summed E-state index contributed by atoms with van der Waals surface area (Å²) in [6, 6.07) is 0.365. The van der Waals surface area contributed by atoms with Crippen molar-refractivity contribution in [3.63, 3.8) is 0 Å². The van der Waals surface area contributed by atoms with Gasteiger partial charge in [0.2, 0.25) is 0 Å². The number of methoxy groups -OCH3 is 1. The highest BCUT2D eigenvalue weighted by atomic mass is 16.5. The zero-order chi connectivity index (χ0) is 11.3. The average molecular weight is 216 g/mol. The second kappa shape index (κ2) is 6.05. The Morgan fingerprint density at radius 3 is 2.93 bits per heavy atom. The van der Waals surface area contributed by atoms with Crippen LogP contribution in [-0.4, -0.2) is 61.9 Å². The Morgan fingerprint density at radius 1 is 1.60 bits per heavy atom. The van der Waals surface area contributed by atoms with Crippen LogP contribution >= 0.6 is 0 Å². The average Bonchev–Trinajstić information content (AvgIpc) is 2.37. The SMILES string of the molecule is COCCN1CC(C(=O)O)CNCC1C. The molecule has 2 atom stereocenters. The predicted molar refractivity (Wildman–Crippen MR) is 56.9 cm³/mol. The van der Waals surface area contributed by atoms with Crippen molar-refractivity contribution in [1.29, 1.82) is 0 Å². The van der Waals surface area contributed by atoms with Crippen molar-refractivity contribution in [2.45, 2.75) is 13.0 Å². The number of rotatable bonds is 4. The normalized spacial score (nSPS) is 28.7. The lowest BCUT2D eigenvalue weighted by Crippen LogP contribution is -2.41.